The van der Waals surface area contributed by atoms with Crippen molar-refractivity contribution >= 4 is 17.8 Å². The van der Waals surface area contributed by atoms with Crippen LogP contribution in [0.4, 0.5) is 0 Å². The number of esters is 2. The molecule has 2 aromatic carbocycles. The average Bonchev–Trinajstić information content (AvgIpc) is 3.63. The van der Waals surface area contributed by atoms with Crippen molar-refractivity contribution in [1.82, 2.24) is 4.90 Å². The summed E-state index contributed by atoms with van der Waals surface area (Å²) >= 11 is 0. The minimum Gasteiger partial charge on any atom is -0.461 e. The Morgan fingerprint density at radius 3 is 2.05 bits per heavy atom. The zero-order valence-electron chi connectivity index (χ0n) is 22.7. The highest BCUT2D eigenvalue weighted by Gasteiger charge is 2.72. The molecule has 0 bridgehead atoms. The molecule has 0 unspecified atom stereocenters. The van der Waals surface area contributed by atoms with Crippen molar-refractivity contribution in [2.75, 3.05) is 0 Å². The Kier molecular flexibility index (Phi) is 7.34. The fourth-order valence-electron chi connectivity index (χ4n) is 6.53. The van der Waals surface area contributed by atoms with E-state index in [1.54, 1.807) is 4.90 Å². The molecule has 1 spiro atoms. The van der Waals surface area contributed by atoms with E-state index in [2.05, 4.69) is 0 Å². The van der Waals surface area contributed by atoms with E-state index < -0.39 is 35.0 Å². The highest BCUT2D eigenvalue weighted by molar-refractivity contribution is 5.91. The van der Waals surface area contributed by atoms with Crippen molar-refractivity contribution < 1.29 is 23.9 Å². The summed E-state index contributed by atoms with van der Waals surface area (Å²) in [4.78, 5) is 43.9. The van der Waals surface area contributed by atoms with Gasteiger partial charge in [-0.2, -0.15) is 0 Å². The number of likely N-dealkylation sites (tertiary alicyclic amines) is 1. The summed E-state index contributed by atoms with van der Waals surface area (Å²) in [5, 5.41) is 0. The van der Waals surface area contributed by atoms with Gasteiger partial charge < -0.3 is 14.4 Å². The van der Waals surface area contributed by atoms with Crippen molar-refractivity contribution in [2.24, 2.45) is 17.3 Å². The van der Waals surface area contributed by atoms with Crippen molar-refractivity contribution in [3.8, 4) is 0 Å². The molecule has 1 heterocycles. The molecule has 2 aromatic rings. The number of benzene rings is 2. The van der Waals surface area contributed by atoms with Gasteiger partial charge in [-0.25, -0.2) is 4.79 Å². The number of carbonyl (C=O) groups is 3. The lowest BCUT2D eigenvalue weighted by atomic mass is 9.81. The van der Waals surface area contributed by atoms with Gasteiger partial charge in [0.25, 0.3) is 0 Å². The van der Waals surface area contributed by atoms with E-state index in [4.69, 9.17) is 9.47 Å². The van der Waals surface area contributed by atoms with E-state index in [1.165, 1.54) is 0 Å². The Morgan fingerprint density at radius 2 is 1.47 bits per heavy atom. The molecule has 1 saturated heterocycles. The molecule has 3 aliphatic rings. The summed E-state index contributed by atoms with van der Waals surface area (Å²) in [5.74, 6) is -1.58. The van der Waals surface area contributed by atoms with Crippen molar-refractivity contribution in [3.05, 3.63) is 71.8 Å². The highest BCUT2D eigenvalue weighted by atomic mass is 16.6. The van der Waals surface area contributed by atoms with E-state index >= 15 is 0 Å². The quantitative estimate of drug-likeness (QED) is 0.440. The summed E-state index contributed by atoms with van der Waals surface area (Å²) < 4.78 is 11.8. The van der Waals surface area contributed by atoms with Gasteiger partial charge in [-0.1, -0.05) is 79.9 Å². The lowest BCUT2D eigenvalue weighted by Gasteiger charge is -2.36. The van der Waals surface area contributed by atoms with Crippen LogP contribution in [0.15, 0.2) is 60.7 Å². The van der Waals surface area contributed by atoms with Gasteiger partial charge in [-0.15, -0.1) is 0 Å². The van der Waals surface area contributed by atoms with E-state index in [1.807, 2.05) is 81.4 Å². The van der Waals surface area contributed by atoms with Gasteiger partial charge in [-0.05, 0) is 57.6 Å². The van der Waals surface area contributed by atoms with E-state index in [0.29, 0.717) is 12.8 Å². The molecule has 3 fully saturated rings. The Bertz CT molecular complexity index is 1150. The summed E-state index contributed by atoms with van der Waals surface area (Å²) in [6, 6.07) is 17.9. The van der Waals surface area contributed by atoms with Crippen molar-refractivity contribution in [2.45, 2.75) is 90.0 Å². The molecule has 3 atom stereocenters. The van der Waals surface area contributed by atoms with Crippen LogP contribution in [-0.2, 0) is 30.5 Å². The van der Waals surface area contributed by atoms with Crippen molar-refractivity contribution in [3.63, 3.8) is 0 Å². The normalized spacial score (nSPS) is 24.7. The zero-order valence-corrected chi connectivity index (χ0v) is 22.7. The zero-order chi connectivity index (χ0) is 26.9. The Morgan fingerprint density at radius 1 is 0.868 bits per heavy atom. The summed E-state index contributed by atoms with van der Waals surface area (Å²) in [7, 11) is 0. The first-order valence-electron chi connectivity index (χ1n) is 14.0. The summed E-state index contributed by atoms with van der Waals surface area (Å²) in [6.07, 6.45) is 6.12. The van der Waals surface area contributed by atoms with Crippen LogP contribution in [0.3, 0.4) is 0 Å². The number of amides is 1. The molecule has 1 amide bonds. The van der Waals surface area contributed by atoms with Gasteiger partial charge in [0.2, 0.25) is 5.91 Å². The highest BCUT2D eigenvalue weighted by Crippen LogP contribution is 2.67. The third-order valence-corrected chi connectivity index (χ3v) is 8.34. The molecule has 1 aliphatic heterocycles. The third kappa shape index (κ3) is 5.23. The largest absolute Gasteiger partial charge is 0.461 e. The average molecular weight is 518 g/mol. The SMILES string of the molecule is CC(C)(C)OC(=O)[C@@H]1N(C(=O)C2CCCCC2)[C@@H](c2ccccc2)[C@H](C(=O)OCc2ccccc2)C12CC2. The molecule has 2 saturated carbocycles. The third-order valence-electron chi connectivity index (χ3n) is 8.34. The molecule has 202 valence electrons. The minimum absolute atomic E-state index is 0.0287. The fourth-order valence-corrected chi connectivity index (χ4v) is 6.53. The van der Waals surface area contributed by atoms with Crippen LogP contribution in [0.1, 0.15) is 82.9 Å². The molecular formula is C32H39NO5. The first-order valence-corrected chi connectivity index (χ1v) is 14.0. The topological polar surface area (TPSA) is 72.9 Å². The minimum atomic E-state index is -0.810. The van der Waals surface area contributed by atoms with Crippen LogP contribution in [0.2, 0.25) is 0 Å². The smallest absolute Gasteiger partial charge is 0.330 e. The predicted octanol–water partition coefficient (Wildman–Crippen LogP) is 6.00. The Hall–Kier alpha value is -3.15. The molecule has 5 rings (SSSR count). The van der Waals surface area contributed by atoms with Crippen LogP contribution in [-0.4, -0.2) is 34.4 Å². The maximum absolute atomic E-state index is 14.3. The van der Waals surface area contributed by atoms with E-state index in [9.17, 15) is 14.4 Å². The standard InChI is InChI=1S/C32H39NO5/c1-31(2,3)38-30(36)27-32(19-20-32)25(29(35)37-21-22-13-7-4-8-14-22)26(23-15-9-5-10-16-23)33(27)28(34)24-17-11-6-12-18-24/h4-5,7-10,13-16,24-27H,6,11-12,17-21H2,1-3H3/t25-,26+,27+/m1/s1. The van der Waals surface area contributed by atoms with Crippen LogP contribution in [0, 0.1) is 17.3 Å². The number of nitrogens with zero attached hydrogens (tertiary/aromatic N) is 1. The van der Waals surface area contributed by atoms with Crippen molar-refractivity contribution in [1.29, 1.82) is 0 Å². The van der Waals surface area contributed by atoms with E-state index in [-0.39, 0.29) is 24.4 Å². The number of ether oxygens (including phenoxy) is 2. The lowest BCUT2D eigenvalue weighted by molar-refractivity contribution is -0.167. The number of rotatable bonds is 6. The van der Waals surface area contributed by atoms with Gasteiger partial charge in [0.05, 0.1) is 12.0 Å². The number of hydrogen-bond acceptors (Lipinski definition) is 5. The van der Waals surface area contributed by atoms with Crippen LogP contribution >= 0.6 is 0 Å². The van der Waals surface area contributed by atoms with Gasteiger partial charge in [-0.3, -0.25) is 9.59 Å². The second-order valence-electron chi connectivity index (χ2n) is 12.2. The first kappa shape index (κ1) is 26.5. The molecular weight excluding hydrogens is 478 g/mol. The summed E-state index contributed by atoms with van der Waals surface area (Å²) in [5.41, 5.74) is 0.372. The van der Waals surface area contributed by atoms with Gasteiger partial charge in [0.15, 0.2) is 0 Å². The Labute approximate surface area is 225 Å². The molecule has 38 heavy (non-hydrogen) atoms. The number of carbonyl (C=O) groups excluding carboxylic acids is 3. The molecule has 6 heteroatoms. The second-order valence-corrected chi connectivity index (χ2v) is 12.2. The maximum Gasteiger partial charge on any atom is 0.330 e. The van der Waals surface area contributed by atoms with Crippen LogP contribution in [0.5, 0.6) is 0 Å². The monoisotopic (exact) mass is 517 g/mol. The van der Waals surface area contributed by atoms with Gasteiger partial charge in [0, 0.05) is 11.3 Å². The van der Waals surface area contributed by atoms with Gasteiger partial charge in [0.1, 0.15) is 18.2 Å². The molecule has 0 aromatic heterocycles. The van der Waals surface area contributed by atoms with Gasteiger partial charge >= 0.3 is 11.9 Å². The molecule has 0 radical (unpaired) electrons. The maximum atomic E-state index is 14.3. The van der Waals surface area contributed by atoms with Crippen LogP contribution in [0.25, 0.3) is 0 Å². The second kappa shape index (κ2) is 10.5. The lowest BCUT2D eigenvalue weighted by Crippen LogP contribution is -2.49. The fraction of sp³-hybridized carbons (Fsp3) is 0.531. The predicted molar refractivity (Wildman–Crippen MR) is 144 cm³/mol. The number of hydrogen-bond donors (Lipinski definition) is 0. The Balaban J connectivity index is 1.56. The van der Waals surface area contributed by atoms with E-state index in [0.717, 1.165) is 43.2 Å². The first-order chi connectivity index (χ1) is 18.2. The summed E-state index contributed by atoms with van der Waals surface area (Å²) in [6.45, 7) is 5.68. The van der Waals surface area contributed by atoms with Crippen LogP contribution < -0.4 is 0 Å². The molecule has 6 nitrogen and oxygen atoms in total. The molecule has 2 aliphatic carbocycles. The molecule has 0 N–H and O–H groups in total.